The fourth-order valence-electron chi connectivity index (χ4n) is 3.72. The molecule has 0 saturated heterocycles. The molecule has 0 aliphatic heterocycles. The largest absolute Gasteiger partial charge is 0.497 e. The Morgan fingerprint density at radius 1 is 1.00 bits per heavy atom. The second kappa shape index (κ2) is 8.30. The molecule has 4 rings (SSSR count). The van der Waals surface area contributed by atoms with Crippen LogP contribution < -0.4 is 15.4 Å². The van der Waals surface area contributed by atoms with Crippen LogP contribution >= 0.6 is 0 Å². The van der Waals surface area contributed by atoms with Crippen LogP contribution in [0, 0.1) is 20.8 Å². The molecular weight excluding hydrogens is 390 g/mol. The van der Waals surface area contributed by atoms with Gasteiger partial charge in [0.05, 0.1) is 12.7 Å². The topological polar surface area (TPSA) is 72.4 Å². The Hall–Kier alpha value is -3.54. The average molecular weight is 418 g/mol. The van der Waals surface area contributed by atoms with Gasteiger partial charge in [0.2, 0.25) is 0 Å². The molecule has 3 aromatic rings. The number of nitrogens with zero attached hydrogens (tertiary/aromatic N) is 1. The smallest absolute Gasteiger partial charge is 0.257 e. The second-order valence-electron chi connectivity index (χ2n) is 8.05. The van der Waals surface area contributed by atoms with E-state index in [0.717, 1.165) is 41.2 Å². The first-order chi connectivity index (χ1) is 14.9. The van der Waals surface area contributed by atoms with Gasteiger partial charge in [-0.25, -0.2) is 0 Å². The van der Waals surface area contributed by atoms with E-state index in [4.69, 9.17) is 4.74 Å². The van der Waals surface area contributed by atoms with E-state index in [1.807, 2.05) is 61.7 Å². The highest BCUT2D eigenvalue weighted by Crippen LogP contribution is 2.26. The van der Waals surface area contributed by atoms with Crippen LogP contribution in [0.3, 0.4) is 0 Å². The number of methoxy groups -OCH3 is 1. The average Bonchev–Trinajstić information content (AvgIpc) is 3.52. The van der Waals surface area contributed by atoms with Gasteiger partial charge >= 0.3 is 0 Å². The van der Waals surface area contributed by atoms with Crippen molar-refractivity contribution in [3.8, 4) is 11.4 Å². The first-order valence-electron chi connectivity index (χ1n) is 10.4. The van der Waals surface area contributed by atoms with E-state index < -0.39 is 0 Å². The Kier molecular flexibility index (Phi) is 5.55. The van der Waals surface area contributed by atoms with Gasteiger partial charge < -0.3 is 19.9 Å². The maximum Gasteiger partial charge on any atom is 0.257 e. The molecule has 2 aromatic carbocycles. The van der Waals surface area contributed by atoms with Gasteiger partial charge in [0.15, 0.2) is 0 Å². The van der Waals surface area contributed by atoms with Crippen LogP contribution in [-0.2, 0) is 0 Å². The summed E-state index contributed by atoms with van der Waals surface area (Å²) in [6, 6.07) is 15.3. The molecule has 0 atom stereocenters. The minimum atomic E-state index is -0.204. The minimum Gasteiger partial charge on any atom is -0.497 e. The Morgan fingerprint density at radius 2 is 1.77 bits per heavy atom. The highest BCUT2D eigenvalue weighted by molar-refractivity contribution is 6.06. The zero-order valence-electron chi connectivity index (χ0n) is 18.3. The first kappa shape index (κ1) is 20.7. The molecule has 1 saturated carbocycles. The molecule has 0 bridgehead atoms. The minimum absolute atomic E-state index is 0.103. The number of anilines is 1. The zero-order valence-corrected chi connectivity index (χ0v) is 18.3. The van der Waals surface area contributed by atoms with Crippen molar-refractivity contribution < 1.29 is 14.3 Å². The summed E-state index contributed by atoms with van der Waals surface area (Å²) in [5.74, 6) is 0.451. The Morgan fingerprint density at radius 3 is 2.48 bits per heavy atom. The molecule has 0 spiro atoms. The number of benzene rings is 2. The van der Waals surface area contributed by atoms with Crippen molar-refractivity contribution in [3.05, 3.63) is 76.6 Å². The van der Waals surface area contributed by atoms with E-state index in [0.29, 0.717) is 16.8 Å². The third-order valence-electron chi connectivity index (χ3n) is 5.65. The highest BCUT2D eigenvalue weighted by Gasteiger charge is 2.24. The summed E-state index contributed by atoms with van der Waals surface area (Å²) >= 11 is 0. The fourth-order valence-corrected chi connectivity index (χ4v) is 3.72. The van der Waals surface area contributed by atoms with Crippen LogP contribution in [0.1, 0.15) is 50.5 Å². The molecule has 6 heteroatoms. The lowest BCUT2D eigenvalue weighted by molar-refractivity contribution is 0.0949. The highest BCUT2D eigenvalue weighted by atomic mass is 16.5. The third kappa shape index (κ3) is 4.33. The SMILES string of the molecule is COc1cccc(-n2c(C)cc(C(=O)Nc3cc(C(=O)NC4CC4)ccc3C)c2C)c1. The number of aryl methyl sites for hydroxylation is 2. The summed E-state index contributed by atoms with van der Waals surface area (Å²) < 4.78 is 7.37. The first-order valence-corrected chi connectivity index (χ1v) is 10.4. The normalized spacial score (nSPS) is 13.0. The summed E-state index contributed by atoms with van der Waals surface area (Å²) in [7, 11) is 1.63. The lowest BCUT2D eigenvalue weighted by Gasteiger charge is -2.13. The number of hydrogen-bond donors (Lipinski definition) is 2. The Bertz CT molecular complexity index is 1160. The second-order valence-corrected chi connectivity index (χ2v) is 8.05. The Labute approximate surface area is 182 Å². The maximum atomic E-state index is 13.1. The van der Waals surface area contributed by atoms with Crippen molar-refractivity contribution >= 4 is 17.5 Å². The van der Waals surface area contributed by atoms with Gasteiger partial charge in [0.25, 0.3) is 11.8 Å². The predicted octanol–water partition coefficient (Wildman–Crippen LogP) is 4.56. The van der Waals surface area contributed by atoms with Gasteiger partial charge in [0, 0.05) is 40.4 Å². The molecule has 0 unspecified atom stereocenters. The van der Waals surface area contributed by atoms with Gasteiger partial charge in [0.1, 0.15) is 5.75 Å². The molecular formula is C25H27N3O3. The van der Waals surface area contributed by atoms with Gasteiger partial charge in [-0.1, -0.05) is 12.1 Å². The van der Waals surface area contributed by atoms with Crippen LogP contribution in [0.15, 0.2) is 48.5 Å². The van der Waals surface area contributed by atoms with Gasteiger partial charge in [-0.15, -0.1) is 0 Å². The molecule has 1 aliphatic rings. The van der Waals surface area contributed by atoms with E-state index in [9.17, 15) is 9.59 Å². The number of ether oxygens (including phenoxy) is 1. The number of hydrogen-bond acceptors (Lipinski definition) is 3. The van der Waals surface area contributed by atoms with Crippen molar-refractivity contribution in [2.24, 2.45) is 0 Å². The predicted molar refractivity (Wildman–Crippen MR) is 121 cm³/mol. The summed E-state index contributed by atoms with van der Waals surface area (Å²) in [6.45, 7) is 5.81. The molecule has 1 fully saturated rings. The summed E-state index contributed by atoms with van der Waals surface area (Å²) in [5.41, 5.74) is 5.40. The zero-order chi connectivity index (χ0) is 22.1. The van der Waals surface area contributed by atoms with Crippen molar-refractivity contribution in [1.82, 2.24) is 9.88 Å². The fraction of sp³-hybridized carbons (Fsp3) is 0.280. The quantitative estimate of drug-likeness (QED) is 0.618. The number of carbonyl (C=O) groups excluding carboxylic acids is 2. The summed E-state index contributed by atoms with van der Waals surface area (Å²) in [5, 5.41) is 5.97. The standard InChI is InChI=1S/C25H27N3O3/c1-15-8-9-18(24(29)26-19-10-11-19)13-23(15)27-25(30)22-12-16(2)28(17(22)3)20-6-5-7-21(14-20)31-4/h5-9,12-14,19H,10-11H2,1-4H3,(H,26,29)(H,27,30). The summed E-state index contributed by atoms with van der Waals surface area (Å²) in [4.78, 5) is 25.5. The van der Waals surface area contributed by atoms with Gasteiger partial charge in [-0.05, 0) is 69.5 Å². The number of carbonyl (C=O) groups is 2. The molecule has 31 heavy (non-hydrogen) atoms. The van der Waals surface area contributed by atoms with Crippen molar-refractivity contribution in [2.75, 3.05) is 12.4 Å². The van der Waals surface area contributed by atoms with Gasteiger partial charge in [-0.3, -0.25) is 9.59 Å². The van der Waals surface area contributed by atoms with E-state index in [-0.39, 0.29) is 17.9 Å². The van der Waals surface area contributed by atoms with Crippen LogP contribution in [0.2, 0.25) is 0 Å². The van der Waals surface area contributed by atoms with E-state index in [2.05, 4.69) is 10.6 Å². The van der Waals surface area contributed by atoms with E-state index >= 15 is 0 Å². The number of rotatable bonds is 6. The van der Waals surface area contributed by atoms with E-state index in [1.54, 1.807) is 19.2 Å². The van der Waals surface area contributed by atoms with Crippen molar-refractivity contribution in [1.29, 1.82) is 0 Å². The van der Waals surface area contributed by atoms with E-state index in [1.165, 1.54) is 0 Å². The molecule has 1 aliphatic carbocycles. The number of amides is 2. The molecule has 160 valence electrons. The van der Waals surface area contributed by atoms with Crippen LogP contribution in [0.5, 0.6) is 5.75 Å². The van der Waals surface area contributed by atoms with Crippen LogP contribution in [-0.4, -0.2) is 29.5 Å². The van der Waals surface area contributed by atoms with Gasteiger partial charge in [-0.2, -0.15) is 0 Å². The lowest BCUT2D eigenvalue weighted by atomic mass is 10.1. The van der Waals surface area contributed by atoms with Crippen LogP contribution in [0.25, 0.3) is 5.69 Å². The third-order valence-corrected chi connectivity index (χ3v) is 5.65. The monoisotopic (exact) mass is 417 g/mol. The molecule has 1 aromatic heterocycles. The molecule has 0 radical (unpaired) electrons. The number of aromatic nitrogens is 1. The molecule has 1 heterocycles. The molecule has 2 N–H and O–H groups in total. The van der Waals surface area contributed by atoms with Crippen molar-refractivity contribution in [3.63, 3.8) is 0 Å². The van der Waals surface area contributed by atoms with Crippen molar-refractivity contribution in [2.45, 2.75) is 39.7 Å². The molecule has 2 amide bonds. The maximum absolute atomic E-state index is 13.1. The summed E-state index contributed by atoms with van der Waals surface area (Å²) in [6.07, 6.45) is 2.06. The molecule has 6 nitrogen and oxygen atoms in total. The Balaban J connectivity index is 1.60. The van der Waals surface area contributed by atoms with Crippen LogP contribution in [0.4, 0.5) is 5.69 Å². The number of nitrogens with one attached hydrogen (secondary N) is 2. The lowest BCUT2D eigenvalue weighted by Crippen LogP contribution is -2.25.